The minimum Gasteiger partial charge on any atom is -0.318 e. The van der Waals surface area contributed by atoms with Gasteiger partial charge in [0.25, 0.3) is 0 Å². The largest absolute Gasteiger partial charge is 0.451 e. The normalized spacial score (nSPS) is 13.9. The average molecular weight is 342 g/mol. The van der Waals surface area contributed by atoms with Crippen LogP contribution in [0.3, 0.4) is 0 Å². The highest BCUT2D eigenvalue weighted by molar-refractivity contribution is 5.83. The van der Waals surface area contributed by atoms with Crippen LogP contribution < -0.4 is 9.80 Å². The summed E-state index contributed by atoms with van der Waals surface area (Å²) >= 11 is 0. The van der Waals surface area contributed by atoms with E-state index in [-0.39, 0.29) is 5.82 Å². The predicted octanol–water partition coefficient (Wildman–Crippen LogP) is 4.74. The van der Waals surface area contributed by atoms with Crippen LogP contribution >= 0.6 is 0 Å². The van der Waals surface area contributed by atoms with E-state index in [0.717, 1.165) is 11.4 Å². The van der Waals surface area contributed by atoms with E-state index in [4.69, 9.17) is 0 Å². The van der Waals surface area contributed by atoms with E-state index in [0.29, 0.717) is 12.4 Å². The molecule has 0 spiro atoms. The van der Waals surface area contributed by atoms with Gasteiger partial charge in [-0.25, -0.2) is 9.97 Å². The molecule has 2 aromatic carbocycles. The molecule has 4 nitrogen and oxygen atoms in total. The Hall–Kier alpha value is -3.09. The molecule has 0 radical (unpaired) electrons. The first-order valence-corrected chi connectivity index (χ1v) is 7.63. The van der Waals surface area contributed by atoms with Crippen molar-refractivity contribution in [2.45, 2.75) is 6.18 Å². The highest BCUT2D eigenvalue weighted by Crippen LogP contribution is 2.43. The Balaban J connectivity index is 1.85. The summed E-state index contributed by atoms with van der Waals surface area (Å²) in [6.07, 6.45) is -3.35. The Kier molecular flexibility index (Phi) is 3.56. The molecule has 25 heavy (non-hydrogen) atoms. The van der Waals surface area contributed by atoms with Crippen molar-refractivity contribution in [3.63, 3.8) is 0 Å². The second-order valence-corrected chi connectivity index (χ2v) is 5.57. The van der Waals surface area contributed by atoms with Crippen LogP contribution in [0.5, 0.6) is 0 Å². The first-order chi connectivity index (χ1) is 12.0. The molecule has 0 saturated heterocycles. The van der Waals surface area contributed by atoms with Crippen LogP contribution in [0, 0.1) is 0 Å². The molecule has 0 aliphatic carbocycles. The van der Waals surface area contributed by atoms with Gasteiger partial charge in [-0.1, -0.05) is 36.4 Å². The van der Waals surface area contributed by atoms with Crippen LogP contribution in [-0.2, 0) is 6.18 Å². The smallest absolute Gasteiger partial charge is 0.318 e. The molecule has 1 aromatic heterocycles. The predicted molar refractivity (Wildman–Crippen MR) is 89.1 cm³/mol. The van der Waals surface area contributed by atoms with Gasteiger partial charge in [-0.15, -0.1) is 0 Å². The molecule has 4 rings (SSSR count). The Morgan fingerprint density at radius 2 is 1.36 bits per heavy atom. The maximum atomic E-state index is 13.0. The molecule has 1 aliphatic rings. The van der Waals surface area contributed by atoms with Gasteiger partial charge in [-0.2, -0.15) is 13.2 Å². The van der Waals surface area contributed by atoms with E-state index in [9.17, 15) is 13.2 Å². The third kappa shape index (κ3) is 2.77. The molecule has 0 atom stereocenters. The van der Waals surface area contributed by atoms with Gasteiger partial charge >= 0.3 is 6.18 Å². The second-order valence-electron chi connectivity index (χ2n) is 5.57. The fourth-order valence-electron chi connectivity index (χ4n) is 2.82. The molecule has 0 fully saturated rings. The number of anilines is 4. The molecular formula is C18H13F3N4. The first kappa shape index (κ1) is 15.4. The number of hydrogen-bond donors (Lipinski definition) is 0. The number of benzene rings is 2. The summed E-state index contributed by atoms with van der Waals surface area (Å²) in [5.41, 5.74) is 2.18. The lowest BCUT2D eigenvalue weighted by Gasteiger charge is -2.21. The highest BCUT2D eigenvalue weighted by Gasteiger charge is 2.38. The summed E-state index contributed by atoms with van der Waals surface area (Å²) in [7, 11) is 0. The summed E-state index contributed by atoms with van der Waals surface area (Å²) in [6.45, 7) is 0.360. The van der Waals surface area contributed by atoms with Crippen molar-refractivity contribution < 1.29 is 13.2 Å². The third-order valence-electron chi connectivity index (χ3n) is 3.97. The number of halogens is 3. The van der Waals surface area contributed by atoms with Crippen LogP contribution in [0.2, 0.25) is 0 Å². The average Bonchev–Trinajstić information content (AvgIpc) is 3.01. The van der Waals surface area contributed by atoms with Crippen molar-refractivity contribution >= 4 is 22.9 Å². The summed E-state index contributed by atoms with van der Waals surface area (Å²) < 4.78 is 39.1. The number of rotatable bonds is 2. The molecule has 0 N–H and O–H groups in total. The number of fused-ring (bicyclic) bond motifs is 1. The molecular weight excluding hydrogens is 329 g/mol. The Morgan fingerprint density at radius 3 is 1.92 bits per heavy atom. The SMILES string of the molecule is FC(F)(F)c1ncc2c(n1)N(c1ccccc1)CN2c1ccccc1. The molecule has 126 valence electrons. The molecule has 0 amide bonds. The minimum absolute atomic E-state index is 0.248. The van der Waals surface area contributed by atoms with E-state index >= 15 is 0 Å². The zero-order valence-electron chi connectivity index (χ0n) is 13.0. The fraction of sp³-hybridized carbons (Fsp3) is 0.111. The maximum absolute atomic E-state index is 13.0. The molecule has 0 unspecified atom stereocenters. The van der Waals surface area contributed by atoms with Crippen LogP contribution in [-0.4, -0.2) is 16.6 Å². The van der Waals surface area contributed by atoms with Gasteiger partial charge in [-0.3, -0.25) is 0 Å². The van der Waals surface area contributed by atoms with E-state index in [1.165, 1.54) is 6.20 Å². The maximum Gasteiger partial charge on any atom is 0.451 e. The summed E-state index contributed by atoms with van der Waals surface area (Å²) in [5, 5.41) is 0. The lowest BCUT2D eigenvalue weighted by molar-refractivity contribution is -0.144. The Morgan fingerprint density at radius 1 is 0.800 bits per heavy atom. The minimum atomic E-state index is -4.59. The van der Waals surface area contributed by atoms with Crippen molar-refractivity contribution in [3.8, 4) is 0 Å². The van der Waals surface area contributed by atoms with Crippen LogP contribution in [0.1, 0.15) is 5.82 Å². The molecule has 7 heteroatoms. The van der Waals surface area contributed by atoms with Crippen LogP contribution in [0.4, 0.5) is 36.1 Å². The van der Waals surface area contributed by atoms with Crippen molar-refractivity contribution in [1.29, 1.82) is 0 Å². The number of aromatic nitrogens is 2. The van der Waals surface area contributed by atoms with Gasteiger partial charge in [0.1, 0.15) is 12.4 Å². The lowest BCUT2D eigenvalue weighted by Crippen LogP contribution is -2.24. The lowest BCUT2D eigenvalue weighted by atomic mass is 10.3. The molecule has 3 aromatic rings. The highest BCUT2D eigenvalue weighted by atomic mass is 19.4. The molecule has 2 heterocycles. The number of alkyl halides is 3. The van der Waals surface area contributed by atoms with E-state index in [1.54, 1.807) is 4.90 Å². The van der Waals surface area contributed by atoms with Gasteiger partial charge in [0.15, 0.2) is 5.82 Å². The van der Waals surface area contributed by atoms with E-state index in [2.05, 4.69) is 9.97 Å². The van der Waals surface area contributed by atoms with Gasteiger partial charge < -0.3 is 9.80 Å². The summed E-state index contributed by atoms with van der Waals surface area (Å²) in [5.74, 6) is -0.889. The van der Waals surface area contributed by atoms with E-state index < -0.39 is 12.0 Å². The number of nitrogens with zero attached hydrogens (tertiary/aromatic N) is 4. The van der Waals surface area contributed by atoms with Crippen molar-refractivity contribution in [1.82, 2.24) is 9.97 Å². The zero-order chi connectivity index (χ0) is 17.4. The van der Waals surface area contributed by atoms with Gasteiger partial charge in [0.2, 0.25) is 5.82 Å². The quantitative estimate of drug-likeness (QED) is 0.673. The van der Waals surface area contributed by atoms with Gasteiger partial charge in [0, 0.05) is 11.4 Å². The van der Waals surface area contributed by atoms with Gasteiger partial charge in [0.05, 0.1) is 6.20 Å². The molecule has 0 bridgehead atoms. The topological polar surface area (TPSA) is 32.3 Å². The zero-order valence-corrected chi connectivity index (χ0v) is 13.0. The standard InChI is InChI=1S/C18H13F3N4/c19-18(20,21)17-22-11-15-16(23-17)25(14-9-5-2-6-10-14)12-24(15)13-7-3-1-4-8-13/h1-11H,12H2. The first-order valence-electron chi connectivity index (χ1n) is 7.63. The Labute approximate surface area is 142 Å². The monoisotopic (exact) mass is 342 g/mol. The summed E-state index contributed by atoms with van der Waals surface area (Å²) in [4.78, 5) is 11.0. The fourth-order valence-corrected chi connectivity index (χ4v) is 2.82. The second kappa shape index (κ2) is 5.77. The number of hydrogen-bond acceptors (Lipinski definition) is 4. The third-order valence-corrected chi connectivity index (χ3v) is 3.97. The van der Waals surface area contributed by atoms with Crippen molar-refractivity contribution in [2.24, 2.45) is 0 Å². The van der Waals surface area contributed by atoms with Crippen molar-refractivity contribution in [2.75, 3.05) is 16.5 Å². The number of para-hydroxylation sites is 2. The Bertz CT molecular complexity index is 882. The van der Waals surface area contributed by atoms with Crippen LogP contribution in [0.25, 0.3) is 0 Å². The summed E-state index contributed by atoms with van der Waals surface area (Å²) in [6, 6.07) is 18.7. The van der Waals surface area contributed by atoms with Crippen LogP contribution in [0.15, 0.2) is 66.9 Å². The van der Waals surface area contributed by atoms with Crippen molar-refractivity contribution in [3.05, 3.63) is 72.7 Å². The van der Waals surface area contributed by atoms with Gasteiger partial charge in [-0.05, 0) is 24.3 Å². The molecule has 0 saturated carbocycles. The molecule has 1 aliphatic heterocycles. The van der Waals surface area contributed by atoms with E-state index in [1.807, 2.05) is 65.6 Å².